The molecule has 7 heteroatoms. The monoisotopic (exact) mass is 473 g/mol. The second-order valence-corrected chi connectivity index (χ2v) is 9.47. The highest BCUT2D eigenvalue weighted by Gasteiger charge is 2.22. The Labute approximate surface area is 207 Å². The fourth-order valence-corrected chi connectivity index (χ4v) is 5.22. The molecule has 0 aliphatic carbocycles. The Morgan fingerprint density at radius 2 is 1.66 bits per heavy atom. The maximum atomic E-state index is 13.1. The molecule has 5 rings (SSSR count). The number of methoxy groups -OCH3 is 1. The molecule has 1 aromatic heterocycles. The number of benzene rings is 2. The van der Waals surface area contributed by atoms with E-state index in [-0.39, 0.29) is 5.56 Å². The maximum Gasteiger partial charge on any atom is 0.256 e. The maximum absolute atomic E-state index is 13.1. The van der Waals surface area contributed by atoms with Gasteiger partial charge in [-0.2, -0.15) is 0 Å². The quantitative estimate of drug-likeness (QED) is 0.501. The van der Waals surface area contributed by atoms with Crippen molar-refractivity contribution in [1.29, 1.82) is 0 Å². The summed E-state index contributed by atoms with van der Waals surface area (Å²) < 4.78 is 7.34. The predicted octanol–water partition coefficient (Wildman–Crippen LogP) is 3.02. The number of anilines is 1. The molecule has 0 amide bonds. The van der Waals surface area contributed by atoms with E-state index in [0.717, 1.165) is 88.8 Å². The molecule has 0 atom stereocenters. The number of rotatable bonds is 8. The van der Waals surface area contributed by atoms with E-state index < -0.39 is 0 Å². The molecule has 35 heavy (non-hydrogen) atoms. The van der Waals surface area contributed by atoms with E-state index in [1.165, 1.54) is 11.3 Å². The first kappa shape index (κ1) is 23.6. The minimum atomic E-state index is 0.148. The average Bonchev–Trinajstić information content (AvgIpc) is 2.91. The van der Waals surface area contributed by atoms with Gasteiger partial charge in [0.15, 0.2) is 0 Å². The van der Waals surface area contributed by atoms with Crippen molar-refractivity contribution in [2.45, 2.75) is 32.5 Å². The molecule has 0 spiro atoms. The minimum absolute atomic E-state index is 0.148. The molecule has 1 saturated heterocycles. The van der Waals surface area contributed by atoms with Gasteiger partial charge in [0.05, 0.1) is 24.8 Å². The molecule has 0 unspecified atom stereocenters. The Kier molecular flexibility index (Phi) is 7.45. The van der Waals surface area contributed by atoms with Crippen molar-refractivity contribution in [1.82, 2.24) is 19.4 Å². The molecule has 2 aromatic carbocycles. The number of piperazine rings is 1. The van der Waals surface area contributed by atoms with E-state index in [2.05, 4.69) is 56.1 Å². The number of aryl methyl sites for hydroxylation is 1. The second-order valence-electron chi connectivity index (χ2n) is 9.47. The summed E-state index contributed by atoms with van der Waals surface area (Å²) in [5, 5.41) is 0. The van der Waals surface area contributed by atoms with Crippen LogP contribution in [0.15, 0.2) is 65.7 Å². The van der Waals surface area contributed by atoms with E-state index >= 15 is 0 Å². The molecule has 3 heterocycles. The number of ether oxygens (including phenoxy) is 1. The first-order valence-electron chi connectivity index (χ1n) is 12.6. The average molecular weight is 474 g/mol. The van der Waals surface area contributed by atoms with Gasteiger partial charge in [-0.25, -0.2) is 4.98 Å². The first-order valence-corrected chi connectivity index (χ1v) is 12.6. The Morgan fingerprint density at radius 3 is 2.46 bits per heavy atom. The third kappa shape index (κ3) is 5.57. The van der Waals surface area contributed by atoms with Crippen molar-refractivity contribution in [2.24, 2.45) is 0 Å². The van der Waals surface area contributed by atoms with E-state index in [1.807, 2.05) is 22.8 Å². The first-order chi connectivity index (χ1) is 17.2. The van der Waals surface area contributed by atoms with Crippen molar-refractivity contribution < 1.29 is 4.74 Å². The van der Waals surface area contributed by atoms with Crippen molar-refractivity contribution in [2.75, 3.05) is 51.3 Å². The number of nitrogens with zero attached hydrogens (tertiary/aromatic N) is 5. The summed E-state index contributed by atoms with van der Waals surface area (Å²) in [5.74, 6) is 0.934. The molecule has 0 bridgehead atoms. The lowest BCUT2D eigenvalue weighted by atomic mass is 10.1. The van der Waals surface area contributed by atoms with E-state index in [9.17, 15) is 4.79 Å². The lowest BCUT2D eigenvalue weighted by Crippen LogP contribution is -2.47. The van der Waals surface area contributed by atoms with E-state index in [4.69, 9.17) is 4.74 Å². The van der Waals surface area contributed by atoms with Crippen LogP contribution in [0.5, 0.6) is 5.75 Å². The molecule has 3 aromatic rings. The van der Waals surface area contributed by atoms with Gasteiger partial charge in [-0.05, 0) is 37.1 Å². The summed E-state index contributed by atoms with van der Waals surface area (Å²) in [6.45, 7) is 8.28. The fourth-order valence-electron chi connectivity index (χ4n) is 5.22. The zero-order valence-electron chi connectivity index (χ0n) is 20.6. The summed E-state index contributed by atoms with van der Waals surface area (Å²) in [6, 6.07) is 18.7. The molecule has 0 radical (unpaired) electrons. The van der Waals surface area contributed by atoms with E-state index in [0.29, 0.717) is 0 Å². The highest BCUT2D eigenvalue weighted by Crippen LogP contribution is 2.28. The topological polar surface area (TPSA) is 53.8 Å². The summed E-state index contributed by atoms with van der Waals surface area (Å²) in [5.41, 5.74) is 4.47. The SMILES string of the molecule is COc1ccccc1N1CCN(CCCn2cnc3c(c2=O)CCN(Cc2ccccc2)C3)CC1. The number of hydrogen-bond donors (Lipinski definition) is 0. The Morgan fingerprint density at radius 1 is 0.886 bits per heavy atom. The van der Waals surface area contributed by atoms with Crippen LogP contribution in [0.3, 0.4) is 0 Å². The van der Waals surface area contributed by atoms with Crippen LogP contribution in [0.25, 0.3) is 0 Å². The largest absolute Gasteiger partial charge is 0.495 e. The van der Waals surface area contributed by atoms with Crippen LogP contribution < -0.4 is 15.2 Å². The van der Waals surface area contributed by atoms with Gasteiger partial charge in [0.2, 0.25) is 0 Å². The van der Waals surface area contributed by atoms with Crippen molar-refractivity contribution in [3.63, 3.8) is 0 Å². The number of fused-ring (bicyclic) bond motifs is 1. The number of aromatic nitrogens is 2. The fraction of sp³-hybridized carbons (Fsp3) is 0.429. The van der Waals surface area contributed by atoms with Crippen LogP contribution in [-0.4, -0.2) is 65.7 Å². The molecular formula is C28H35N5O2. The highest BCUT2D eigenvalue weighted by atomic mass is 16.5. The van der Waals surface area contributed by atoms with Gasteiger partial charge in [0.25, 0.3) is 5.56 Å². The third-order valence-electron chi connectivity index (χ3n) is 7.19. The van der Waals surface area contributed by atoms with Crippen LogP contribution in [0.1, 0.15) is 23.2 Å². The molecule has 0 saturated carbocycles. The lowest BCUT2D eigenvalue weighted by Gasteiger charge is -2.36. The Hall–Kier alpha value is -3.16. The van der Waals surface area contributed by atoms with Crippen LogP contribution in [0.4, 0.5) is 5.69 Å². The predicted molar refractivity (Wildman–Crippen MR) is 139 cm³/mol. The molecule has 2 aliphatic rings. The van der Waals surface area contributed by atoms with Crippen LogP contribution in [0.2, 0.25) is 0 Å². The van der Waals surface area contributed by atoms with Crippen molar-refractivity contribution >= 4 is 5.69 Å². The summed E-state index contributed by atoms with van der Waals surface area (Å²) in [6.07, 6.45) is 3.49. The van der Waals surface area contributed by atoms with Gasteiger partial charge in [-0.1, -0.05) is 42.5 Å². The smallest absolute Gasteiger partial charge is 0.256 e. The van der Waals surface area contributed by atoms with Crippen LogP contribution in [-0.2, 0) is 26.1 Å². The third-order valence-corrected chi connectivity index (χ3v) is 7.19. The minimum Gasteiger partial charge on any atom is -0.495 e. The Balaban J connectivity index is 1.11. The number of para-hydroxylation sites is 2. The molecule has 184 valence electrons. The molecule has 2 aliphatic heterocycles. The zero-order chi connectivity index (χ0) is 24.0. The molecule has 7 nitrogen and oxygen atoms in total. The summed E-state index contributed by atoms with van der Waals surface area (Å²) in [4.78, 5) is 25.0. The lowest BCUT2D eigenvalue weighted by molar-refractivity contribution is 0.238. The summed E-state index contributed by atoms with van der Waals surface area (Å²) in [7, 11) is 1.73. The number of hydrogen-bond acceptors (Lipinski definition) is 6. The van der Waals surface area contributed by atoms with Crippen LogP contribution in [0, 0.1) is 0 Å². The normalized spacial score (nSPS) is 16.8. The highest BCUT2D eigenvalue weighted by molar-refractivity contribution is 5.58. The Bertz CT molecular complexity index is 1170. The standard InChI is InChI=1S/C28H35N5O2/c1-35-27-11-6-5-10-26(27)32-18-16-30(17-19-32)13-7-14-33-22-29-25-21-31(15-12-24(25)28(33)34)20-23-8-3-2-4-9-23/h2-6,8-11,22H,7,12-21H2,1H3. The van der Waals surface area contributed by atoms with E-state index in [1.54, 1.807) is 13.4 Å². The van der Waals surface area contributed by atoms with Crippen molar-refractivity contribution in [3.05, 3.63) is 88.1 Å². The molecule has 0 N–H and O–H groups in total. The van der Waals surface area contributed by atoms with Gasteiger partial charge in [-0.3, -0.25) is 19.2 Å². The van der Waals surface area contributed by atoms with Crippen LogP contribution >= 0.6 is 0 Å². The van der Waals surface area contributed by atoms with Gasteiger partial charge >= 0.3 is 0 Å². The zero-order valence-corrected chi connectivity index (χ0v) is 20.6. The van der Waals surface area contributed by atoms with Gasteiger partial charge in [-0.15, -0.1) is 0 Å². The molecular weight excluding hydrogens is 438 g/mol. The van der Waals surface area contributed by atoms with Gasteiger partial charge < -0.3 is 9.64 Å². The second kappa shape index (κ2) is 11.1. The van der Waals surface area contributed by atoms with Gasteiger partial charge in [0.1, 0.15) is 5.75 Å². The molecule has 1 fully saturated rings. The summed E-state index contributed by atoms with van der Waals surface area (Å²) >= 11 is 0. The van der Waals surface area contributed by atoms with Gasteiger partial charge in [0, 0.05) is 57.9 Å². The van der Waals surface area contributed by atoms with Crippen molar-refractivity contribution in [3.8, 4) is 5.75 Å².